The highest BCUT2D eigenvalue weighted by Gasteiger charge is 2.04. The number of hydrogen-bond acceptors (Lipinski definition) is 4. The van der Waals surface area contributed by atoms with Gasteiger partial charge < -0.3 is 4.74 Å². The molecule has 4 nitrogen and oxygen atoms in total. The number of carbonyl (C=O) groups is 1. The highest BCUT2D eigenvalue weighted by Crippen LogP contribution is 2.27. The van der Waals surface area contributed by atoms with Crippen LogP contribution >= 0.6 is 34.5 Å². The molecule has 0 radical (unpaired) electrons. The maximum absolute atomic E-state index is 11.6. The highest BCUT2D eigenvalue weighted by atomic mass is 35.5. The highest BCUT2D eigenvalue weighted by molar-refractivity contribution is 7.13. The van der Waals surface area contributed by atoms with Crippen LogP contribution in [0.3, 0.4) is 0 Å². The Balaban J connectivity index is 1.65. The number of nitrogens with one attached hydrogen (secondary N) is 1. The van der Waals surface area contributed by atoms with Gasteiger partial charge in [0.1, 0.15) is 5.75 Å². The molecule has 0 spiro atoms. The molecule has 122 valence electrons. The van der Waals surface area contributed by atoms with Crippen LogP contribution in [0.4, 0.5) is 0 Å². The minimum absolute atomic E-state index is 0.152. The number of thiophene rings is 1. The summed E-state index contributed by atoms with van der Waals surface area (Å²) in [6.07, 6.45) is 2.53. The summed E-state index contributed by atoms with van der Waals surface area (Å²) in [6.45, 7) is 2.41. The zero-order chi connectivity index (χ0) is 16.7. The topological polar surface area (TPSA) is 50.7 Å². The van der Waals surface area contributed by atoms with Gasteiger partial charge in [0.15, 0.2) is 0 Å². The van der Waals surface area contributed by atoms with Crippen LogP contribution in [-0.2, 0) is 4.79 Å². The smallest absolute Gasteiger partial charge is 0.240 e. The molecule has 1 N–H and O–H groups in total. The maximum atomic E-state index is 11.6. The average Bonchev–Trinajstić information content (AvgIpc) is 2.91. The third kappa shape index (κ3) is 6.22. The minimum atomic E-state index is -0.152. The Bertz CT molecular complexity index is 701. The van der Waals surface area contributed by atoms with Crippen molar-refractivity contribution in [2.75, 3.05) is 6.61 Å². The van der Waals surface area contributed by atoms with Crippen LogP contribution in [0, 0.1) is 6.92 Å². The van der Waals surface area contributed by atoms with E-state index in [2.05, 4.69) is 10.5 Å². The molecule has 0 saturated heterocycles. The number of carbonyl (C=O) groups excluding carboxylic acids is 1. The van der Waals surface area contributed by atoms with Gasteiger partial charge in [0, 0.05) is 21.2 Å². The standard InChI is InChI=1S/C16H16Cl2N2O2S/c1-11-4-6-13(23-11)10-19-20-16(21)3-2-8-22-15-7-5-12(17)9-14(15)18/h4-7,9-10H,2-3,8H2,1H3,(H,20,21)/b19-10-. The van der Waals surface area contributed by atoms with Gasteiger partial charge in [-0.25, -0.2) is 5.43 Å². The number of rotatable bonds is 7. The summed E-state index contributed by atoms with van der Waals surface area (Å²) < 4.78 is 5.51. The first-order valence-corrected chi connectivity index (χ1v) is 8.58. The lowest BCUT2D eigenvalue weighted by Crippen LogP contribution is -2.17. The Hall–Kier alpha value is -1.56. The predicted molar refractivity (Wildman–Crippen MR) is 96.0 cm³/mol. The molecule has 0 aliphatic heterocycles. The SMILES string of the molecule is Cc1ccc(/C=N\NC(=O)CCCOc2ccc(Cl)cc2Cl)s1. The molecule has 0 bridgehead atoms. The van der Waals surface area contributed by atoms with Crippen LogP contribution < -0.4 is 10.2 Å². The van der Waals surface area contributed by atoms with E-state index in [0.29, 0.717) is 35.2 Å². The van der Waals surface area contributed by atoms with E-state index in [1.54, 1.807) is 35.8 Å². The van der Waals surface area contributed by atoms with Gasteiger partial charge in [-0.1, -0.05) is 23.2 Å². The summed E-state index contributed by atoms with van der Waals surface area (Å²) in [6, 6.07) is 8.99. The summed E-state index contributed by atoms with van der Waals surface area (Å²) in [5.41, 5.74) is 2.50. The van der Waals surface area contributed by atoms with Gasteiger partial charge >= 0.3 is 0 Å². The van der Waals surface area contributed by atoms with Crippen molar-refractivity contribution in [3.05, 3.63) is 50.1 Å². The van der Waals surface area contributed by atoms with E-state index in [-0.39, 0.29) is 5.91 Å². The van der Waals surface area contributed by atoms with Gasteiger partial charge in [0.2, 0.25) is 5.91 Å². The Kier molecular flexibility index (Phi) is 6.89. The monoisotopic (exact) mass is 370 g/mol. The molecule has 1 aromatic heterocycles. The molecular weight excluding hydrogens is 355 g/mol. The molecule has 1 heterocycles. The Labute approximate surface area is 149 Å². The van der Waals surface area contributed by atoms with Crippen molar-refractivity contribution in [3.8, 4) is 5.75 Å². The zero-order valence-electron chi connectivity index (χ0n) is 12.5. The Morgan fingerprint density at radius 2 is 2.17 bits per heavy atom. The second-order valence-electron chi connectivity index (χ2n) is 4.77. The van der Waals surface area contributed by atoms with Crippen LogP contribution in [0.15, 0.2) is 35.4 Å². The van der Waals surface area contributed by atoms with Crippen LogP contribution in [0.5, 0.6) is 5.75 Å². The molecule has 1 amide bonds. The average molecular weight is 371 g/mol. The van der Waals surface area contributed by atoms with Gasteiger partial charge in [-0.3, -0.25) is 4.79 Å². The van der Waals surface area contributed by atoms with Crippen molar-refractivity contribution < 1.29 is 9.53 Å². The van der Waals surface area contributed by atoms with E-state index in [1.807, 2.05) is 19.1 Å². The molecule has 2 rings (SSSR count). The summed E-state index contributed by atoms with van der Waals surface area (Å²) in [5.74, 6) is 0.405. The van der Waals surface area contributed by atoms with E-state index in [0.717, 1.165) is 4.88 Å². The fourth-order valence-electron chi connectivity index (χ4n) is 1.75. The molecule has 1 aromatic carbocycles. The maximum Gasteiger partial charge on any atom is 0.240 e. The third-order valence-electron chi connectivity index (χ3n) is 2.84. The van der Waals surface area contributed by atoms with Crippen LogP contribution in [-0.4, -0.2) is 18.7 Å². The van der Waals surface area contributed by atoms with E-state index in [4.69, 9.17) is 27.9 Å². The largest absolute Gasteiger partial charge is 0.492 e. The number of hydrogen-bond donors (Lipinski definition) is 1. The van der Waals surface area contributed by atoms with Gasteiger partial charge in [0.25, 0.3) is 0 Å². The van der Waals surface area contributed by atoms with Crippen LogP contribution in [0.2, 0.25) is 10.0 Å². The molecule has 23 heavy (non-hydrogen) atoms. The predicted octanol–water partition coefficient (Wildman–Crippen LogP) is 4.67. The first-order valence-electron chi connectivity index (χ1n) is 7.01. The number of halogens is 2. The number of benzene rings is 1. The van der Waals surface area contributed by atoms with Crippen molar-refractivity contribution >= 4 is 46.7 Å². The molecule has 0 atom stereocenters. The van der Waals surface area contributed by atoms with E-state index in [9.17, 15) is 4.79 Å². The van der Waals surface area contributed by atoms with Crippen molar-refractivity contribution in [2.24, 2.45) is 5.10 Å². The molecule has 0 saturated carbocycles. The lowest BCUT2D eigenvalue weighted by molar-refractivity contribution is -0.121. The quantitative estimate of drug-likeness (QED) is 0.437. The number of amides is 1. The summed E-state index contributed by atoms with van der Waals surface area (Å²) >= 11 is 13.4. The molecule has 7 heteroatoms. The second-order valence-corrected chi connectivity index (χ2v) is 6.93. The van der Waals surface area contributed by atoms with Gasteiger partial charge in [-0.15, -0.1) is 11.3 Å². The molecule has 0 unspecified atom stereocenters. The fourth-order valence-corrected chi connectivity index (χ4v) is 2.97. The van der Waals surface area contributed by atoms with Gasteiger partial charge in [-0.2, -0.15) is 5.10 Å². The Morgan fingerprint density at radius 1 is 1.35 bits per heavy atom. The number of ether oxygens (including phenoxy) is 1. The lowest BCUT2D eigenvalue weighted by atomic mass is 10.3. The van der Waals surface area contributed by atoms with Crippen LogP contribution in [0.25, 0.3) is 0 Å². The van der Waals surface area contributed by atoms with Crippen molar-refractivity contribution in [1.29, 1.82) is 0 Å². The molecule has 0 aliphatic carbocycles. The zero-order valence-corrected chi connectivity index (χ0v) is 14.8. The van der Waals surface area contributed by atoms with Crippen LogP contribution in [0.1, 0.15) is 22.6 Å². The minimum Gasteiger partial charge on any atom is -0.492 e. The molecule has 0 fully saturated rings. The number of hydrazone groups is 1. The lowest BCUT2D eigenvalue weighted by Gasteiger charge is -2.07. The normalized spacial score (nSPS) is 10.9. The fraction of sp³-hybridized carbons (Fsp3) is 0.250. The third-order valence-corrected chi connectivity index (χ3v) is 4.31. The first-order chi connectivity index (χ1) is 11.0. The summed E-state index contributed by atoms with van der Waals surface area (Å²) in [5, 5.41) is 4.94. The van der Waals surface area contributed by atoms with E-state index in [1.165, 1.54) is 4.88 Å². The molecule has 2 aromatic rings. The first kappa shape index (κ1) is 17.8. The van der Waals surface area contributed by atoms with Gasteiger partial charge in [0.05, 0.1) is 17.8 Å². The second kappa shape index (κ2) is 8.91. The van der Waals surface area contributed by atoms with E-state index >= 15 is 0 Å². The number of aryl methyl sites for hydroxylation is 1. The van der Waals surface area contributed by atoms with Crippen molar-refractivity contribution in [1.82, 2.24) is 5.43 Å². The summed E-state index contributed by atoms with van der Waals surface area (Å²) in [7, 11) is 0. The van der Waals surface area contributed by atoms with Crippen molar-refractivity contribution in [3.63, 3.8) is 0 Å². The van der Waals surface area contributed by atoms with E-state index < -0.39 is 0 Å². The molecule has 0 aliphatic rings. The summed E-state index contributed by atoms with van der Waals surface area (Å²) in [4.78, 5) is 13.8. The number of nitrogens with zero attached hydrogens (tertiary/aromatic N) is 1. The Morgan fingerprint density at radius 3 is 2.87 bits per heavy atom. The molecular formula is C16H16Cl2N2O2S. The van der Waals surface area contributed by atoms with Crippen molar-refractivity contribution in [2.45, 2.75) is 19.8 Å². The van der Waals surface area contributed by atoms with Gasteiger partial charge in [-0.05, 0) is 43.7 Å².